The number of aryl methyl sites for hydroxylation is 2. The van der Waals surface area contributed by atoms with E-state index in [9.17, 15) is 0 Å². The Hall–Kier alpha value is -2.33. The molecular weight excluding hydrogens is 288 g/mol. The van der Waals surface area contributed by atoms with Crippen LogP contribution in [0.1, 0.15) is 35.5 Å². The second kappa shape index (κ2) is 6.42. The first-order valence-corrected chi connectivity index (χ1v) is 7.81. The maximum atomic E-state index is 6.05. The van der Waals surface area contributed by atoms with Crippen molar-refractivity contribution in [2.24, 2.45) is 0 Å². The van der Waals surface area contributed by atoms with E-state index in [-0.39, 0.29) is 6.04 Å². The number of benzene rings is 1. The number of aromatic nitrogens is 1. The fourth-order valence-corrected chi connectivity index (χ4v) is 2.82. The molecule has 0 aliphatic heterocycles. The van der Waals surface area contributed by atoms with Gasteiger partial charge in [-0.25, -0.2) is 0 Å². The van der Waals surface area contributed by atoms with Crippen molar-refractivity contribution < 1.29 is 9.15 Å². The van der Waals surface area contributed by atoms with Gasteiger partial charge in [-0.1, -0.05) is 6.07 Å². The van der Waals surface area contributed by atoms with Gasteiger partial charge in [0.2, 0.25) is 0 Å². The summed E-state index contributed by atoms with van der Waals surface area (Å²) in [6, 6.07) is 10.1. The van der Waals surface area contributed by atoms with Gasteiger partial charge in [-0.3, -0.25) is 4.98 Å². The molecule has 3 rings (SSSR count). The summed E-state index contributed by atoms with van der Waals surface area (Å²) < 4.78 is 11.3. The van der Waals surface area contributed by atoms with Crippen LogP contribution < -0.4 is 10.1 Å². The number of fused-ring (bicyclic) bond motifs is 1. The third-order valence-corrected chi connectivity index (χ3v) is 4.29. The molecule has 0 aliphatic carbocycles. The van der Waals surface area contributed by atoms with E-state index in [0.717, 1.165) is 40.3 Å². The van der Waals surface area contributed by atoms with Gasteiger partial charge in [-0.2, -0.15) is 0 Å². The third kappa shape index (κ3) is 3.08. The Morgan fingerprint density at radius 3 is 2.83 bits per heavy atom. The zero-order chi connectivity index (χ0) is 16.4. The summed E-state index contributed by atoms with van der Waals surface area (Å²) in [7, 11) is 1.68. The van der Waals surface area contributed by atoms with Gasteiger partial charge in [0.1, 0.15) is 17.1 Å². The molecule has 0 spiro atoms. The van der Waals surface area contributed by atoms with Crippen molar-refractivity contribution in [2.75, 3.05) is 7.11 Å². The fraction of sp³-hybridized carbons (Fsp3) is 0.316. The Kier molecular flexibility index (Phi) is 4.35. The number of ether oxygens (including phenoxy) is 1. The molecule has 0 saturated carbocycles. The smallest absolute Gasteiger partial charge is 0.134 e. The first kappa shape index (κ1) is 15.6. The lowest BCUT2D eigenvalue weighted by atomic mass is 10.1. The first-order valence-electron chi connectivity index (χ1n) is 7.81. The Bertz CT molecular complexity index is 823. The zero-order valence-corrected chi connectivity index (χ0v) is 14.0. The average molecular weight is 310 g/mol. The van der Waals surface area contributed by atoms with Crippen molar-refractivity contribution in [3.05, 3.63) is 59.1 Å². The lowest BCUT2D eigenvalue weighted by molar-refractivity contribution is 0.415. The van der Waals surface area contributed by atoms with Gasteiger partial charge in [0.15, 0.2) is 0 Å². The largest absolute Gasteiger partial charge is 0.497 e. The van der Waals surface area contributed by atoms with E-state index >= 15 is 0 Å². The molecule has 0 bridgehead atoms. The normalized spacial score (nSPS) is 12.5. The highest BCUT2D eigenvalue weighted by Gasteiger charge is 2.17. The molecule has 2 heterocycles. The van der Waals surface area contributed by atoms with Gasteiger partial charge in [-0.05, 0) is 50.6 Å². The van der Waals surface area contributed by atoms with Crippen molar-refractivity contribution in [3.8, 4) is 5.75 Å². The number of nitrogens with one attached hydrogen (secondary N) is 1. The number of rotatable bonds is 5. The van der Waals surface area contributed by atoms with Crippen LogP contribution in [0.25, 0.3) is 11.0 Å². The Balaban J connectivity index is 1.82. The fourth-order valence-electron chi connectivity index (χ4n) is 2.82. The average Bonchev–Trinajstić information content (AvgIpc) is 2.90. The number of methoxy groups -OCH3 is 1. The van der Waals surface area contributed by atoms with Crippen molar-refractivity contribution in [2.45, 2.75) is 33.4 Å². The Labute approximate surface area is 136 Å². The number of furan rings is 1. The van der Waals surface area contributed by atoms with Crippen LogP contribution in [0.2, 0.25) is 0 Å². The Morgan fingerprint density at radius 2 is 2.09 bits per heavy atom. The molecule has 0 radical (unpaired) electrons. The number of hydrogen-bond acceptors (Lipinski definition) is 4. The number of hydrogen-bond donors (Lipinski definition) is 1. The van der Waals surface area contributed by atoms with Gasteiger partial charge >= 0.3 is 0 Å². The molecule has 0 fully saturated rings. The maximum absolute atomic E-state index is 6.05. The molecule has 1 aromatic carbocycles. The molecule has 4 heteroatoms. The van der Waals surface area contributed by atoms with Gasteiger partial charge < -0.3 is 14.5 Å². The third-order valence-electron chi connectivity index (χ3n) is 4.29. The van der Waals surface area contributed by atoms with E-state index in [4.69, 9.17) is 9.15 Å². The predicted octanol–water partition coefficient (Wildman–Crippen LogP) is 4.30. The molecule has 1 atom stereocenters. The summed E-state index contributed by atoms with van der Waals surface area (Å²) in [6.45, 7) is 7.00. The molecule has 1 unspecified atom stereocenters. The van der Waals surface area contributed by atoms with E-state index in [1.807, 2.05) is 37.4 Å². The number of pyridine rings is 1. The maximum Gasteiger partial charge on any atom is 0.134 e. The van der Waals surface area contributed by atoms with Crippen molar-refractivity contribution in [1.82, 2.24) is 10.3 Å². The quantitative estimate of drug-likeness (QED) is 0.763. The van der Waals surface area contributed by atoms with E-state index in [0.29, 0.717) is 0 Å². The molecule has 4 nitrogen and oxygen atoms in total. The molecule has 0 amide bonds. The van der Waals surface area contributed by atoms with E-state index in [1.54, 1.807) is 7.11 Å². The summed E-state index contributed by atoms with van der Waals surface area (Å²) in [5.74, 6) is 1.81. The first-order chi connectivity index (χ1) is 11.1. The van der Waals surface area contributed by atoms with Crippen molar-refractivity contribution >= 4 is 11.0 Å². The van der Waals surface area contributed by atoms with Crippen LogP contribution in [0.3, 0.4) is 0 Å². The topological polar surface area (TPSA) is 47.3 Å². The van der Waals surface area contributed by atoms with Crippen LogP contribution in [0.15, 0.2) is 40.9 Å². The molecule has 23 heavy (non-hydrogen) atoms. The standard InChI is InChI=1S/C19H22N2O2/c1-12-17-10-16(22-4)7-8-18(17)23-19(12)14(3)21-11-15-6-5-9-20-13(15)2/h5-10,14,21H,11H2,1-4H3. The molecule has 1 N–H and O–H groups in total. The van der Waals surface area contributed by atoms with Gasteiger partial charge in [0, 0.05) is 29.4 Å². The van der Waals surface area contributed by atoms with Crippen LogP contribution in [0.4, 0.5) is 0 Å². The SMILES string of the molecule is COc1ccc2oc(C(C)NCc3cccnc3C)c(C)c2c1. The Morgan fingerprint density at radius 1 is 1.26 bits per heavy atom. The predicted molar refractivity (Wildman–Crippen MR) is 91.7 cm³/mol. The van der Waals surface area contributed by atoms with Crippen LogP contribution in [0.5, 0.6) is 5.75 Å². The minimum absolute atomic E-state index is 0.119. The molecule has 2 aromatic heterocycles. The summed E-state index contributed by atoms with van der Waals surface area (Å²) in [6.07, 6.45) is 1.82. The van der Waals surface area contributed by atoms with Gasteiger partial charge in [0.05, 0.1) is 13.2 Å². The van der Waals surface area contributed by atoms with Crippen molar-refractivity contribution in [1.29, 1.82) is 0 Å². The van der Waals surface area contributed by atoms with Crippen LogP contribution in [-0.4, -0.2) is 12.1 Å². The summed E-state index contributed by atoms with van der Waals surface area (Å²) in [4.78, 5) is 4.32. The summed E-state index contributed by atoms with van der Waals surface area (Å²) >= 11 is 0. The second-order valence-corrected chi connectivity index (χ2v) is 5.80. The molecule has 3 aromatic rings. The van der Waals surface area contributed by atoms with E-state index in [1.165, 1.54) is 5.56 Å². The highest BCUT2D eigenvalue weighted by molar-refractivity contribution is 5.83. The molecular formula is C19H22N2O2. The van der Waals surface area contributed by atoms with Crippen LogP contribution >= 0.6 is 0 Å². The summed E-state index contributed by atoms with van der Waals surface area (Å²) in [5.41, 5.74) is 4.30. The highest BCUT2D eigenvalue weighted by Crippen LogP contribution is 2.32. The monoisotopic (exact) mass is 310 g/mol. The lowest BCUT2D eigenvalue weighted by Gasteiger charge is -2.13. The minimum Gasteiger partial charge on any atom is -0.497 e. The van der Waals surface area contributed by atoms with Crippen LogP contribution in [-0.2, 0) is 6.54 Å². The van der Waals surface area contributed by atoms with Gasteiger partial charge in [-0.15, -0.1) is 0 Å². The second-order valence-electron chi connectivity index (χ2n) is 5.80. The lowest BCUT2D eigenvalue weighted by Crippen LogP contribution is -2.19. The number of nitrogens with zero attached hydrogens (tertiary/aromatic N) is 1. The van der Waals surface area contributed by atoms with E-state index in [2.05, 4.69) is 30.2 Å². The molecule has 0 saturated heterocycles. The molecule has 120 valence electrons. The highest BCUT2D eigenvalue weighted by atomic mass is 16.5. The van der Waals surface area contributed by atoms with Gasteiger partial charge in [0.25, 0.3) is 0 Å². The molecule has 0 aliphatic rings. The zero-order valence-electron chi connectivity index (χ0n) is 14.0. The minimum atomic E-state index is 0.119. The van der Waals surface area contributed by atoms with Crippen LogP contribution in [0, 0.1) is 13.8 Å². The summed E-state index contributed by atoms with van der Waals surface area (Å²) in [5, 5.41) is 4.62. The van der Waals surface area contributed by atoms with E-state index < -0.39 is 0 Å². The van der Waals surface area contributed by atoms with Crippen molar-refractivity contribution in [3.63, 3.8) is 0 Å².